The fourth-order valence-corrected chi connectivity index (χ4v) is 3.93. The highest BCUT2D eigenvalue weighted by Crippen LogP contribution is 2.33. The summed E-state index contributed by atoms with van der Waals surface area (Å²) in [7, 11) is 0. The molecule has 1 aromatic rings. The maximum atomic E-state index is 12.8. The first kappa shape index (κ1) is 15.5. The molecular weight excluding hydrogens is 268 g/mol. The fraction of sp³-hybridized carbons (Fsp3) is 0.688. The number of nitrogens with one attached hydrogen (secondary N) is 2. The molecule has 1 aromatic heterocycles. The average molecular weight is 294 g/mol. The Hall–Kier alpha value is -0.870. The van der Waals surface area contributed by atoms with E-state index < -0.39 is 0 Å². The van der Waals surface area contributed by atoms with E-state index in [0.29, 0.717) is 0 Å². The molecule has 2 unspecified atom stereocenters. The van der Waals surface area contributed by atoms with E-state index in [1.165, 1.54) is 4.88 Å². The van der Waals surface area contributed by atoms with Gasteiger partial charge in [0.1, 0.15) is 0 Å². The predicted octanol–water partition coefficient (Wildman–Crippen LogP) is 3.49. The van der Waals surface area contributed by atoms with Crippen molar-refractivity contribution in [1.29, 1.82) is 0 Å². The number of amides is 1. The lowest BCUT2D eigenvalue weighted by molar-refractivity contribution is -0.131. The van der Waals surface area contributed by atoms with E-state index in [1.54, 1.807) is 11.3 Å². The van der Waals surface area contributed by atoms with E-state index in [9.17, 15) is 4.79 Å². The Kier molecular flexibility index (Phi) is 5.61. The zero-order valence-corrected chi connectivity index (χ0v) is 13.4. The molecule has 20 heavy (non-hydrogen) atoms. The van der Waals surface area contributed by atoms with Crippen LogP contribution in [-0.4, -0.2) is 19.0 Å². The molecule has 1 aliphatic rings. The van der Waals surface area contributed by atoms with Crippen LogP contribution in [0.1, 0.15) is 56.9 Å². The zero-order chi connectivity index (χ0) is 14.4. The lowest BCUT2D eigenvalue weighted by atomic mass is 9.81. The van der Waals surface area contributed by atoms with Crippen molar-refractivity contribution >= 4 is 17.2 Å². The van der Waals surface area contributed by atoms with E-state index in [4.69, 9.17) is 0 Å². The third kappa shape index (κ3) is 3.41. The van der Waals surface area contributed by atoms with E-state index in [0.717, 1.165) is 45.2 Å². The molecule has 2 heterocycles. The van der Waals surface area contributed by atoms with Gasteiger partial charge in [0.25, 0.3) is 0 Å². The van der Waals surface area contributed by atoms with E-state index >= 15 is 0 Å². The Labute approximate surface area is 126 Å². The minimum Gasteiger partial charge on any atom is -0.348 e. The van der Waals surface area contributed by atoms with Crippen LogP contribution in [-0.2, 0) is 4.79 Å². The van der Waals surface area contributed by atoms with Crippen LogP contribution in [0.15, 0.2) is 17.5 Å². The van der Waals surface area contributed by atoms with Crippen LogP contribution < -0.4 is 10.6 Å². The fourth-order valence-electron chi connectivity index (χ4n) is 3.12. The van der Waals surface area contributed by atoms with Crippen LogP contribution in [0.3, 0.4) is 0 Å². The Morgan fingerprint density at radius 1 is 1.50 bits per heavy atom. The smallest absolute Gasteiger partial charge is 0.228 e. The zero-order valence-electron chi connectivity index (χ0n) is 12.6. The van der Waals surface area contributed by atoms with Gasteiger partial charge in [-0.2, -0.15) is 0 Å². The minimum absolute atomic E-state index is 0.182. The van der Waals surface area contributed by atoms with Crippen molar-refractivity contribution in [1.82, 2.24) is 10.6 Å². The molecule has 2 N–H and O–H groups in total. The highest BCUT2D eigenvalue weighted by Gasteiger charge is 2.40. The van der Waals surface area contributed by atoms with Gasteiger partial charge in [-0.1, -0.05) is 32.8 Å². The summed E-state index contributed by atoms with van der Waals surface area (Å²) in [4.78, 5) is 14.1. The summed E-state index contributed by atoms with van der Waals surface area (Å²) in [5, 5.41) is 8.77. The SMILES string of the molecule is CCCC(NC(=O)C1(CCC)CCNC1)c1cccs1. The number of carbonyl (C=O) groups is 1. The van der Waals surface area contributed by atoms with Crippen molar-refractivity contribution in [3.05, 3.63) is 22.4 Å². The summed E-state index contributed by atoms with van der Waals surface area (Å²) in [5.41, 5.74) is -0.183. The number of thiophene rings is 1. The van der Waals surface area contributed by atoms with Crippen molar-refractivity contribution in [2.45, 2.75) is 52.0 Å². The van der Waals surface area contributed by atoms with Crippen molar-refractivity contribution in [3.63, 3.8) is 0 Å². The summed E-state index contributed by atoms with van der Waals surface area (Å²) in [5.74, 6) is 0.246. The summed E-state index contributed by atoms with van der Waals surface area (Å²) in [6.45, 7) is 6.13. The molecule has 0 aliphatic carbocycles. The third-order valence-electron chi connectivity index (χ3n) is 4.22. The first-order valence-corrected chi connectivity index (χ1v) is 8.65. The lowest BCUT2D eigenvalue weighted by Crippen LogP contribution is -2.43. The number of rotatable bonds is 7. The van der Waals surface area contributed by atoms with Gasteiger partial charge in [0.05, 0.1) is 11.5 Å². The van der Waals surface area contributed by atoms with Gasteiger partial charge in [-0.3, -0.25) is 4.79 Å². The van der Waals surface area contributed by atoms with Crippen LogP contribution in [0.5, 0.6) is 0 Å². The standard InChI is InChI=1S/C16H26N2OS/c1-3-6-13(14-7-5-11-20-14)18-15(19)16(8-4-2)9-10-17-12-16/h5,7,11,13,17H,3-4,6,8-10,12H2,1-2H3,(H,18,19). The molecular formula is C16H26N2OS. The summed E-state index contributed by atoms with van der Waals surface area (Å²) >= 11 is 1.74. The van der Waals surface area contributed by atoms with Crippen molar-refractivity contribution in [3.8, 4) is 0 Å². The Balaban J connectivity index is 2.07. The van der Waals surface area contributed by atoms with E-state index in [-0.39, 0.29) is 17.4 Å². The maximum absolute atomic E-state index is 12.8. The molecule has 3 nitrogen and oxygen atoms in total. The van der Waals surface area contributed by atoms with Crippen LogP contribution in [0, 0.1) is 5.41 Å². The monoisotopic (exact) mass is 294 g/mol. The molecule has 1 aliphatic heterocycles. The summed E-state index contributed by atoms with van der Waals surface area (Å²) < 4.78 is 0. The highest BCUT2D eigenvalue weighted by atomic mass is 32.1. The normalized spacial score (nSPS) is 23.7. The topological polar surface area (TPSA) is 41.1 Å². The van der Waals surface area contributed by atoms with E-state index in [1.807, 2.05) is 0 Å². The quantitative estimate of drug-likeness (QED) is 0.808. The van der Waals surface area contributed by atoms with Crippen LogP contribution >= 0.6 is 11.3 Å². The third-order valence-corrected chi connectivity index (χ3v) is 5.21. The summed E-state index contributed by atoms with van der Waals surface area (Å²) in [6.07, 6.45) is 5.11. The van der Waals surface area contributed by atoms with Crippen LogP contribution in [0.2, 0.25) is 0 Å². The largest absolute Gasteiger partial charge is 0.348 e. The molecule has 0 aromatic carbocycles. The second-order valence-corrected chi connectivity index (χ2v) is 6.77. The van der Waals surface area contributed by atoms with Gasteiger partial charge in [-0.15, -0.1) is 11.3 Å². The van der Waals surface area contributed by atoms with Gasteiger partial charge in [0.15, 0.2) is 0 Å². The van der Waals surface area contributed by atoms with E-state index in [2.05, 4.69) is 42.0 Å². The number of carbonyl (C=O) groups excluding carboxylic acids is 1. The van der Waals surface area contributed by atoms with Gasteiger partial charge in [-0.05, 0) is 37.3 Å². The second-order valence-electron chi connectivity index (χ2n) is 5.79. The molecule has 0 radical (unpaired) electrons. The Morgan fingerprint density at radius 2 is 2.35 bits per heavy atom. The Bertz CT molecular complexity index is 410. The van der Waals surface area contributed by atoms with Crippen molar-refractivity contribution < 1.29 is 4.79 Å². The second kappa shape index (κ2) is 7.23. The lowest BCUT2D eigenvalue weighted by Gasteiger charge is -2.29. The molecule has 0 spiro atoms. The number of hydrogen-bond donors (Lipinski definition) is 2. The van der Waals surface area contributed by atoms with Gasteiger partial charge in [0.2, 0.25) is 5.91 Å². The summed E-state index contributed by atoms with van der Waals surface area (Å²) in [6, 6.07) is 4.38. The minimum atomic E-state index is -0.183. The molecule has 112 valence electrons. The van der Waals surface area contributed by atoms with Gasteiger partial charge < -0.3 is 10.6 Å². The van der Waals surface area contributed by atoms with Gasteiger partial charge in [-0.25, -0.2) is 0 Å². The Morgan fingerprint density at radius 3 is 2.90 bits per heavy atom. The van der Waals surface area contributed by atoms with Crippen LogP contribution in [0.4, 0.5) is 0 Å². The molecule has 1 fully saturated rings. The van der Waals surface area contributed by atoms with Crippen molar-refractivity contribution in [2.24, 2.45) is 5.41 Å². The average Bonchev–Trinajstić information content (AvgIpc) is 3.10. The molecule has 0 bridgehead atoms. The molecule has 2 rings (SSSR count). The predicted molar refractivity (Wildman–Crippen MR) is 84.9 cm³/mol. The molecule has 4 heteroatoms. The molecule has 1 amide bonds. The maximum Gasteiger partial charge on any atom is 0.228 e. The number of hydrogen-bond acceptors (Lipinski definition) is 3. The first-order valence-electron chi connectivity index (χ1n) is 7.77. The van der Waals surface area contributed by atoms with Crippen LogP contribution in [0.25, 0.3) is 0 Å². The van der Waals surface area contributed by atoms with Gasteiger partial charge in [0, 0.05) is 11.4 Å². The molecule has 1 saturated heterocycles. The van der Waals surface area contributed by atoms with Crippen molar-refractivity contribution in [2.75, 3.05) is 13.1 Å². The highest BCUT2D eigenvalue weighted by molar-refractivity contribution is 7.10. The molecule has 2 atom stereocenters. The molecule has 0 saturated carbocycles. The van der Waals surface area contributed by atoms with Gasteiger partial charge >= 0.3 is 0 Å². The first-order chi connectivity index (χ1) is 9.72.